The predicted octanol–water partition coefficient (Wildman–Crippen LogP) is 5.19. The number of halogens is 1. The highest BCUT2D eigenvalue weighted by Gasteiger charge is 2.25. The fraction of sp³-hybridized carbons (Fsp3) is 0.111. The molecule has 0 bridgehead atoms. The second-order valence-electron chi connectivity index (χ2n) is 8.43. The largest absolute Gasteiger partial charge is 0.505 e. The third kappa shape index (κ3) is 3.68. The van der Waals surface area contributed by atoms with Crippen molar-refractivity contribution in [2.75, 3.05) is 6.79 Å². The molecule has 0 amide bonds. The highest BCUT2D eigenvalue weighted by atomic mass is 32.2. The van der Waals surface area contributed by atoms with Gasteiger partial charge in [-0.05, 0) is 42.8 Å². The molecule has 0 fully saturated rings. The summed E-state index contributed by atoms with van der Waals surface area (Å²) in [6.45, 7) is 2.01. The zero-order valence-electron chi connectivity index (χ0n) is 18.9. The quantitative estimate of drug-likeness (QED) is 0.338. The summed E-state index contributed by atoms with van der Waals surface area (Å²) in [6, 6.07) is 16.4. The molecule has 180 valence electrons. The van der Waals surface area contributed by atoms with Gasteiger partial charge in [0, 0.05) is 16.3 Å². The van der Waals surface area contributed by atoms with E-state index in [1.54, 1.807) is 30.3 Å². The Kier molecular flexibility index (Phi) is 5.22. The SMILES string of the molecule is Cc1cccc(Sc2c(O)c3c(=O)n(Cc4ccc(F)cc4)c4cc5c(cc4c3oc2=O)OCO5)c1. The summed E-state index contributed by atoms with van der Waals surface area (Å²) in [4.78, 5) is 27.4. The molecule has 0 radical (unpaired) electrons. The van der Waals surface area contributed by atoms with Crippen LogP contribution in [0.1, 0.15) is 11.1 Å². The zero-order chi connectivity index (χ0) is 25.0. The first-order chi connectivity index (χ1) is 17.4. The number of rotatable bonds is 4. The molecule has 2 aromatic heterocycles. The van der Waals surface area contributed by atoms with E-state index >= 15 is 0 Å². The number of nitrogens with zero attached hydrogens (tertiary/aromatic N) is 1. The maximum absolute atomic E-state index is 13.8. The number of aryl methyl sites for hydroxylation is 1. The molecule has 9 heteroatoms. The van der Waals surface area contributed by atoms with Gasteiger partial charge in [0.25, 0.3) is 5.56 Å². The van der Waals surface area contributed by atoms with Crippen LogP contribution in [0.5, 0.6) is 17.2 Å². The summed E-state index contributed by atoms with van der Waals surface area (Å²) in [5, 5.41) is 11.5. The maximum atomic E-state index is 13.8. The third-order valence-corrected chi connectivity index (χ3v) is 7.06. The molecular weight excluding hydrogens is 485 g/mol. The van der Waals surface area contributed by atoms with Crippen molar-refractivity contribution in [1.82, 2.24) is 4.57 Å². The molecule has 0 saturated heterocycles. The second kappa shape index (κ2) is 8.46. The van der Waals surface area contributed by atoms with Gasteiger partial charge in [-0.3, -0.25) is 4.79 Å². The minimum absolute atomic E-state index is 0.0122. The first kappa shape index (κ1) is 22.2. The number of pyridine rings is 1. The summed E-state index contributed by atoms with van der Waals surface area (Å²) in [6.07, 6.45) is 0. The monoisotopic (exact) mass is 503 g/mol. The van der Waals surface area contributed by atoms with Gasteiger partial charge in [0.15, 0.2) is 22.8 Å². The lowest BCUT2D eigenvalue weighted by Crippen LogP contribution is -2.23. The van der Waals surface area contributed by atoms with Crippen LogP contribution in [-0.4, -0.2) is 16.5 Å². The van der Waals surface area contributed by atoms with Crippen molar-refractivity contribution in [1.29, 1.82) is 0 Å². The molecule has 36 heavy (non-hydrogen) atoms. The van der Waals surface area contributed by atoms with Crippen molar-refractivity contribution in [3.63, 3.8) is 0 Å². The lowest BCUT2D eigenvalue weighted by molar-refractivity contribution is 0.174. The van der Waals surface area contributed by atoms with Gasteiger partial charge in [-0.1, -0.05) is 41.6 Å². The molecule has 1 N–H and O–H groups in total. The average molecular weight is 504 g/mol. The highest BCUT2D eigenvalue weighted by Crippen LogP contribution is 2.41. The van der Waals surface area contributed by atoms with E-state index in [1.165, 1.54) is 16.7 Å². The minimum atomic E-state index is -0.763. The Bertz CT molecular complexity index is 1790. The number of aromatic nitrogens is 1. The van der Waals surface area contributed by atoms with Crippen molar-refractivity contribution in [3.8, 4) is 17.2 Å². The van der Waals surface area contributed by atoms with E-state index in [9.17, 15) is 19.1 Å². The average Bonchev–Trinajstić information content (AvgIpc) is 3.32. The summed E-state index contributed by atoms with van der Waals surface area (Å²) >= 11 is 1.02. The van der Waals surface area contributed by atoms with Crippen LogP contribution < -0.4 is 20.7 Å². The fourth-order valence-corrected chi connectivity index (χ4v) is 5.24. The van der Waals surface area contributed by atoms with Gasteiger partial charge in [0.1, 0.15) is 16.1 Å². The van der Waals surface area contributed by atoms with Crippen LogP contribution in [0.2, 0.25) is 0 Å². The molecule has 1 aliphatic heterocycles. The fourth-order valence-electron chi connectivity index (χ4n) is 4.29. The van der Waals surface area contributed by atoms with E-state index in [-0.39, 0.29) is 29.2 Å². The Balaban J connectivity index is 1.64. The predicted molar refractivity (Wildman–Crippen MR) is 133 cm³/mol. The molecule has 6 rings (SSSR count). The lowest BCUT2D eigenvalue weighted by atomic mass is 10.1. The Hall–Kier alpha value is -4.24. The van der Waals surface area contributed by atoms with Crippen LogP contribution in [-0.2, 0) is 6.54 Å². The van der Waals surface area contributed by atoms with Crippen LogP contribution in [0.3, 0.4) is 0 Å². The smallest absolute Gasteiger partial charge is 0.354 e. The molecule has 5 aromatic rings. The Labute approximate surface area is 207 Å². The molecule has 0 saturated carbocycles. The first-order valence-corrected chi connectivity index (χ1v) is 11.9. The molecule has 7 nitrogen and oxygen atoms in total. The third-order valence-electron chi connectivity index (χ3n) is 6.01. The van der Waals surface area contributed by atoms with Crippen LogP contribution in [0, 0.1) is 12.7 Å². The van der Waals surface area contributed by atoms with Gasteiger partial charge in [-0.15, -0.1) is 0 Å². The molecule has 0 atom stereocenters. The normalized spacial score (nSPS) is 12.5. The van der Waals surface area contributed by atoms with E-state index < -0.39 is 22.8 Å². The van der Waals surface area contributed by atoms with Crippen molar-refractivity contribution in [3.05, 3.63) is 98.4 Å². The van der Waals surface area contributed by atoms with Gasteiger partial charge in [-0.25, -0.2) is 9.18 Å². The number of hydrogen-bond donors (Lipinski definition) is 1. The minimum Gasteiger partial charge on any atom is -0.505 e. The zero-order valence-corrected chi connectivity index (χ0v) is 19.7. The lowest BCUT2D eigenvalue weighted by Gasteiger charge is -2.15. The summed E-state index contributed by atoms with van der Waals surface area (Å²) in [5.74, 6) is 0.0173. The molecule has 0 spiro atoms. The number of aromatic hydroxyl groups is 1. The van der Waals surface area contributed by atoms with Crippen molar-refractivity contribution < 1.29 is 23.4 Å². The van der Waals surface area contributed by atoms with Crippen molar-refractivity contribution in [2.45, 2.75) is 23.3 Å². The van der Waals surface area contributed by atoms with Crippen LogP contribution in [0.15, 0.2) is 84.5 Å². The Morgan fingerprint density at radius 1 is 1.03 bits per heavy atom. The first-order valence-electron chi connectivity index (χ1n) is 11.0. The highest BCUT2D eigenvalue weighted by molar-refractivity contribution is 7.99. The van der Waals surface area contributed by atoms with Gasteiger partial charge >= 0.3 is 5.63 Å². The number of ether oxygens (including phenoxy) is 2. The standard InChI is InChI=1S/C27H18FNO6S/c1-14-3-2-4-17(9-14)36-25-23(30)22-24(35-27(25)32)18-10-20-21(34-13-33-20)11-19(18)29(26(22)31)12-15-5-7-16(28)8-6-15/h2-11,30H,12-13H2,1H3. The number of hydrogen-bond acceptors (Lipinski definition) is 7. The van der Waals surface area contributed by atoms with E-state index in [2.05, 4.69) is 0 Å². The summed E-state index contributed by atoms with van der Waals surface area (Å²) < 4.78 is 31.6. The van der Waals surface area contributed by atoms with Gasteiger partial charge in [0.2, 0.25) is 6.79 Å². The summed E-state index contributed by atoms with van der Waals surface area (Å²) in [5.41, 5.74) is 0.702. The van der Waals surface area contributed by atoms with E-state index in [1.807, 2.05) is 25.1 Å². The maximum Gasteiger partial charge on any atom is 0.354 e. The number of benzene rings is 3. The summed E-state index contributed by atoms with van der Waals surface area (Å²) in [7, 11) is 0. The second-order valence-corrected chi connectivity index (χ2v) is 9.51. The Morgan fingerprint density at radius 2 is 1.78 bits per heavy atom. The molecule has 3 heterocycles. The van der Waals surface area contributed by atoms with Crippen molar-refractivity contribution >= 4 is 33.6 Å². The topological polar surface area (TPSA) is 90.9 Å². The van der Waals surface area contributed by atoms with E-state index in [0.717, 1.165) is 17.3 Å². The van der Waals surface area contributed by atoms with Crippen molar-refractivity contribution in [2.24, 2.45) is 0 Å². The van der Waals surface area contributed by atoms with Gasteiger partial charge in [0.05, 0.1) is 12.1 Å². The molecule has 0 aliphatic carbocycles. The van der Waals surface area contributed by atoms with Gasteiger partial charge < -0.3 is 23.6 Å². The van der Waals surface area contributed by atoms with Crippen LogP contribution >= 0.6 is 11.8 Å². The molecular formula is C27H18FNO6S. The molecule has 0 unspecified atom stereocenters. The van der Waals surface area contributed by atoms with Crippen LogP contribution in [0.25, 0.3) is 21.9 Å². The number of fused-ring (bicyclic) bond motifs is 4. The molecule has 1 aliphatic rings. The van der Waals surface area contributed by atoms with E-state index in [4.69, 9.17) is 13.9 Å². The van der Waals surface area contributed by atoms with Gasteiger partial charge in [-0.2, -0.15) is 0 Å². The van der Waals surface area contributed by atoms with Crippen LogP contribution in [0.4, 0.5) is 4.39 Å². The molecule has 3 aromatic carbocycles. The van der Waals surface area contributed by atoms with E-state index in [0.29, 0.717) is 32.9 Å². The Morgan fingerprint density at radius 3 is 2.53 bits per heavy atom.